The van der Waals surface area contributed by atoms with E-state index in [0.29, 0.717) is 56.7 Å². The lowest BCUT2D eigenvalue weighted by atomic mass is 9.96. The minimum Gasteiger partial charge on any atom is -0.481 e. The number of aromatic nitrogens is 4. The second-order valence-electron chi connectivity index (χ2n) is 15.2. The zero-order valence-corrected chi connectivity index (χ0v) is 34.5. The molecule has 62 heavy (non-hydrogen) atoms. The van der Waals surface area contributed by atoms with Gasteiger partial charge in [-0.2, -0.15) is 5.10 Å². The summed E-state index contributed by atoms with van der Waals surface area (Å²) < 4.78 is 1.77. The Kier molecular flexibility index (Phi) is 19.7. The highest BCUT2D eigenvalue weighted by Gasteiger charge is 2.37. The zero-order valence-electron chi connectivity index (χ0n) is 34.5. The maximum absolute atomic E-state index is 14.4. The van der Waals surface area contributed by atoms with Gasteiger partial charge >= 0.3 is 23.9 Å². The maximum atomic E-state index is 14.4. The number of nitrogens with one attached hydrogen (secondary N) is 5. The Bertz CT molecular complexity index is 1930. The van der Waals surface area contributed by atoms with Gasteiger partial charge in [-0.15, -0.1) is 0 Å². The zero-order chi connectivity index (χ0) is 45.0. The lowest BCUT2D eigenvalue weighted by Crippen LogP contribution is -2.61. The highest BCUT2D eigenvalue weighted by molar-refractivity contribution is 6.03. The molecule has 0 radical (unpaired) electrons. The van der Waals surface area contributed by atoms with E-state index in [4.69, 9.17) is 5.73 Å². The molecular formula is C39H58N12O11. The normalized spacial score (nSPS) is 17.0. The quantitative estimate of drug-likeness (QED) is 0.0504. The van der Waals surface area contributed by atoms with Crippen molar-refractivity contribution in [3.8, 4) is 0 Å². The fraction of sp³-hybridized carbons (Fsp3) is 0.564. The number of nitrogens with two attached hydrogens (primary N) is 1. The molecule has 11 N–H and O–H groups in total. The second kappa shape index (κ2) is 25.1. The first kappa shape index (κ1) is 48.7. The monoisotopic (exact) mass is 870 g/mol. The minimum atomic E-state index is -1.88. The van der Waals surface area contributed by atoms with Crippen LogP contribution in [-0.2, 0) is 35.3 Å². The molecule has 23 nitrogen and oxygen atoms in total. The number of rotatable bonds is 24. The third-order valence-corrected chi connectivity index (χ3v) is 10.3. The van der Waals surface area contributed by atoms with E-state index in [-0.39, 0.29) is 70.6 Å². The third kappa shape index (κ3) is 16.5. The van der Waals surface area contributed by atoms with Crippen LogP contribution in [-0.4, -0.2) is 174 Å². The molecule has 2 amide bonds. The van der Waals surface area contributed by atoms with Gasteiger partial charge in [0.25, 0.3) is 5.91 Å². The molecule has 1 aromatic carbocycles. The van der Waals surface area contributed by atoms with Crippen LogP contribution in [0.15, 0.2) is 36.8 Å². The highest BCUT2D eigenvalue weighted by Crippen LogP contribution is 2.19. The summed E-state index contributed by atoms with van der Waals surface area (Å²) in [4.78, 5) is 99.5. The van der Waals surface area contributed by atoms with Gasteiger partial charge in [-0.05, 0) is 69.3 Å². The van der Waals surface area contributed by atoms with Crippen molar-refractivity contribution in [1.29, 1.82) is 0 Å². The van der Waals surface area contributed by atoms with Gasteiger partial charge in [-0.3, -0.25) is 43.2 Å². The number of unbranched alkanes of at least 4 members (excludes halogenated alkanes) is 2. The third-order valence-electron chi connectivity index (χ3n) is 10.3. The molecule has 3 unspecified atom stereocenters. The number of ketones is 1. The van der Waals surface area contributed by atoms with E-state index in [9.17, 15) is 54.0 Å². The van der Waals surface area contributed by atoms with Crippen molar-refractivity contribution in [3.63, 3.8) is 0 Å². The number of hydrazine groups is 1. The summed E-state index contributed by atoms with van der Waals surface area (Å²) in [6, 6.07) is 1.11. The van der Waals surface area contributed by atoms with Crippen LogP contribution in [0.25, 0.3) is 10.9 Å². The van der Waals surface area contributed by atoms with Crippen molar-refractivity contribution >= 4 is 58.3 Å². The summed E-state index contributed by atoms with van der Waals surface area (Å²) in [6.07, 6.45) is 7.52. The first-order valence-corrected chi connectivity index (χ1v) is 20.6. The first-order valence-electron chi connectivity index (χ1n) is 20.6. The second-order valence-corrected chi connectivity index (χ2v) is 15.2. The van der Waals surface area contributed by atoms with Gasteiger partial charge in [0, 0.05) is 68.9 Å². The van der Waals surface area contributed by atoms with E-state index >= 15 is 0 Å². The Labute approximate surface area is 357 Å². The van der Waals surface area contributed by atoms with Gasteiger partial charge < -0.3 is 47.1 Å². The summed E-state index contributed by atoms with van der Waals surface area (Å²) in [5.41, 5.74) is 9.31. The highest BCUT2D eigenvalue weighted by atomic mass is 16.4. The molecule has 1 fully saturated rings. The number of amides is 2. The van der Waals surface area contributed by atoms with Crippen LogP contribution in [0.3, 0.4) is 0 Å². The van der Waals surface area contributed by atoms with Crippen LogP contribution in [0.4, 0.5) is 5.95 Å². The van der Waals surface area contributed by atoms with Crippen LogP contribution in [0.1, 0.15) is 61.7 Å². The topological polar surface area (TPSA) is 331 Å². The molecule has 0 bridgehead atoms. The fourth-order valence-corrected chi connectivity index (χ4v) is 7.08. The molecule has 3 aromatic rings. The van der Waals surface area contributed by atoms with Crippen LogP contribution in [0.5, 0.6) is 0 Å². The largest absolute Gasteiger partial charge is 0.481 e. The summed E-state index contributed by atoms with van der Waals surface area (Å²) in [5, 5.41) is 53.6. The number of carboxylic acid groups (broad SMARTS) is 4. The van der Waals surface area contributed by atoms with Crippen LogP contribution in [0, 0.1) is 5.92 Å². The number of Topliss-reactive ketones (excluding diaryl/α,β-unsaturated/α-hetero) is 1. The first-order chi connectivity index (χ1) is 29.7. The van der Waals surface area contributed by atoms with E-state index in [2.05, 4.69) is 36.4 Å². The number of aliphatic carboxylic acids is 4. The Balaban J connectivity index is 1.57. The molecule has 340 valence electrons. The van der Waals surface area contributed by atoms with Gasteiger partial charge in [0.2, 0.25) is 5.91 Å². The number of aromatic amines is 1. The smallest absolute Gasteiger partial charge is 0.328 e. The Morgan fingerprint density at radius 3 is 2.27 bits per heavy atom. The fourth-order valence-electron chi connectivity index (χ4n) is 7.08. The molecule has 1 aliphatic heterocycles. The lowest BCUT2D eigenvalue weighted by Gasteiger charge is -2.33. The summed E-state index contributed by atoms with van der Waals surface area (Å²) in [5.74, 6) is -6.98. The number of hydrogen-bond donors (Lipinski definition) is 10. The van der Waals surface area contributed by atoms with Crippen molar-refractivity contribution in [2.75, 3.05) is 70.9 Å². The number of carbonyl (C=O) groups excluding carboxylic acids is 3. The number of benzene rings is 1. The van der Waals surface area contributed by atoms with Gasteiger partial charge in [0.15, 0.2) is 17.8 Å². The van der Waals surface area contributed by atoms with E-state index in [1.807, 2.05) is 0 Å². The number of fused-ring (bicyclic) bond motifs is 1. The number of imidazole rings is 1. The Morgan fingerprint density at radius 1 is 0.839 bits per heavy atom. The van der Waals surface area contributed by atoms with Crippen molar-refractivity contribution in [3.05, 3.63) is 42.4 Å². The average Bonchev–Trinajstić information content (AvgIpc) is 3.89. The number of carbonyl (C=O) groups is 7. The van der Waals surface area contributed by atoms with E-state index in [1.54, 1.807) is 40.3 Å². The van der Waals surface area contributed by atoms with E-state index in [1.165, 1.54) is 16.0 Å². The molecule has 23 heteroatoms. The van der Waals surface area contributed by atoms with E-state index < -0.39 is 72.6 Å². The van der Waals surface area contributed by atoms with Crippen molar-refractivity contribution < 1.29 is 54.0 Å². The number of hydrogen-bond acceptors (Lipinski definition) is 15. The van der Waals surface area contributed by atoms with Gasteiger partial charge in [-0.1, -0.05) is 6.42 Å². The van der Waals surface area contributed by atoms with Gasteiger partial charge in [0.1, 0.15) is 12.6 Å². The summed E-state index contributed by atoms with van der Waals surface area (Å²) >= 11 is 0. The standard InChI is InChI=1S/C39H58N12O11/c40-10-3-1-2-5-31(53)46-36(38(61)62)35(47-37(60)27-6-7-29-28(20-27)21-44-51(29)14-4-11-41-39-42-12-13-43-39)30(52)22-48-15-8-26(19-32(54)55)9-16-49(23-33(56)57)25-45-50(18-17-48)24-34(58)59/h6-7,12-13,20-21,26,35-36,45H,1-5,8-11,14-19,22-25,40H2,(H,46,53)(H,47,60)(H,54,55)(H,56,57)(H,58,59)(H,61,62)(H2,41,42,43). The molecule has 0 saturated carbocycles. The van der Waals surface area contributed by atoms with Crippen LogP contribution in [0.2, 0.25) is 0 Å². The van der Waals surface area contributed by atoms with E-state index in [0.717, 1.165) is 5.52 Å². The molecule has 1 saturated heterocycles. The van der Waals surface area contributed by atoms with Crippen molar-refractivity contribution in [1.82, 2.24) is 50.6 Å². The van der Waals surface area contributed by atoms with Crippen LogP contribution >= 0.6 is 0 Å². The molecule has 0 aliphatic carbocycles. The molecule has 2 aromatic heterocycles. The number of nitrogens with zero attached hydrogens (tertiary/aromatic N) is 6. The Morgan fingerprint density at radius 2 is 1.60 bits per heavy atom. The number of anilines is 1. The summed E-state index contributed by atoms with van der Waals surface area (Å²) in [7, 11) is 0. The molecule has 4 rings (SSSR count). The van der Waals surface area contributed by atoms with Gasteiger partial charge in [0.05, 0.1) is 31.5 Å². The minimum absolute atomic E-state index is 0.00278. The summed E-state index contributed by atoms with van der Waals surface area (Å²) in [6.45, 7) is 0.489. The van der Waals surface area contributed by atoms with Crippen molar-refractivity contribution in [2.24, 2.45) is 11.7 Å². The predicted molar refractivity (Wildman–Crippen MR) is 223 cm³/mol. The number of H-pyrrole nitrogens is 1. The molecule has 0 spiro atoms. The van der Waals surface area contributed by atoms with Crippen molar-refractivity contribution in [2.45, 2.75) is 70.0 Å². The number of carboxylic acids is 4. The van der Waals surface area contributed by atoms with Gasteiger partial charge in [-0.25, -0.2) is 20.2 Å². The maximum Gasteiger partial charge on any atom is 0.328 e. The Hall–Kier alpha value is -6.01. The average molecular weight is 871 g/mol. The molecule has 3 heterocycles. The van der Waals surface area contributed by atoms with Crippen LogP contribution < -0.4 is 27.1 Å². The SMILES string of the molecule is NCCCCCC(=O)NC(C(=O)O)C(NC(=O)c1ccc2c(cnn2CCCNc2ncc[nH]2)c1)C(=O)CN1CCC(CC(=O)O)CCN(CC(=O)O)CNN(CC(=O)O)CC1. The number of aryl methyl sites for hydroxylation is 1. The molecular weight excluding hydrogens is 813 g/mol. The molecule has 3 atom stereocenters. The lowest BCUT2D eigenvalue weighted by molar-refractivity contribution is -0.144. The molecule has 1 aliphatic rings. The predicted octanol–water partition coefficient (Wildman–Crippen LogP) is -0.560.